The van der Waals surface area contributed by atoms with E-state index >= 15 is 0 Å². The third kappa shape index (κ3) is 3.39. The molecule has 0 aromatic heterocycles. The summed E-state index contributed by atoms with van der Waals surface area (Å²) in [6, 6.07) is 2.83. The van der Waals surface area contributed by atoms with Crippen molar-refractivity contribution in [3.05, 3.63) is 46.5 Å². The maximum Gasteiger partial charge on any atom is 0.339 e. The van der Waals surface area contributed by atoms with E-state index in [9.17, 15) is 23.3 Å². The molecule has 20 heavy (non-hydrogen) atoms. The van der Waals surface area contributed by atoms with Crippen LogP contribution in [0.5, 0.6) is 0 Å². The first-order valence-electron chi connectivity index (χ1n) is 5.30. The lowest BCUT2D eigenvalue weighted by Gasteiger charge is -2.09. The molecule has 0 aliphatic rings. The van der Waals surface area contributed by atoms with Crippen molar-refractivity contribution in [3.8, 4) is 0 Å². The SMILES string of the molecule is C=CCNS(=O)(=O)c1ccc([N+](=O)[O-])cc1C(=O)OC. The van der Waals surface area contributed by atoms with E-state index in [2.05, 4.69) is 16.0 Å². The van der Waals surface area contributed by atoms with Crippen LogP contribution in [0.25, 0.3) is 0 Å². The van der Waals surface area contributed by atoms with Crippen LogP contribution in [0.3, 0.4) is 0 Å². The first-order chi connectivity index (χ1) is 9.33. The van der Waals surface area contributed by atoms with Crippen molar-refractivity contribution in [1.82, 2.24) is 4.72 Å². The lowest BCUT2D eigenvalue weighted by Crippen LogP contribution is -2.25. The standard InChI is InChI=1S/C11H12N2O6S/c1-3-6-12-20(17,18)10-5-4-8(13(15)16)7-9(10)11(14)19-2/h3-5,7,12H,1,6H2,2H3. The normalized spacial score (nSPS) is 10.8. The van der Waals surface area contributed by atoms with Gasteiger partial charge in [0.05, 0.1) is 22.5 Å². The van der Waals surface area contributed by atoms with Crippen LogP contribution in [-0.2, 0) is 14.8 Å². The molecule has 0 spiro atoms. The number of carbonyl (C=O) groups excluding carboxylic acids is 1. The van der Waals surface area contributed by atoms with Gasteiger partial charge in [-0.1, -0.05) is 6.08 Å². The summed E-state index contributed by atoms with van der Waals surface area (Å²) in [4.78, 5) is 21.1. The Labute approximate surface area is 115 Å². The molecule has 0 saturated carbocycles. The van der Waals surface area contributed by atoms with Gasteiger partial charge in [0, 0.05) is 18.7 Å². The minimum atomic E-state index is -4.00. The summed E-state index contributed by atoms with van der Waals surface area (Å²) in [5, 5.41) is 10.7. The molecule has 0 amide bonds. The van der Waals surface area contributed by atoms with Crippen LogP contribution in [0.2, 0.25) is 0 Å². The Morgan fingerprint density at radius 1 is 1.55 bits per heavy atom. The Bertz CT molecular complexity index is 653. The van der Waals surface area contributed by atoms with E-state index in [4.69, 9.17) is 0 Å². The highest BCUT2D eigenvalue weighted by Crippen LogP contribution is 2.22. The van der Waals surface area contributed by atoms with Crippen LogP contribution in [0.15, 0.2) is 35.7 Å². The summed E-state index contributed by atoms with van der Waals surface area (Å²) in [5.74, 6) is -0.979. The molecule has 0 fully saturated rings. The summed E-state index contributed by atoms with van der Waals surface area (Å²) in [7, 11) is -2.95. The number of hydrogen-bond donors (Lipinski definition) is 1. The van der Waals surface area contributed by atoms with Crippen molar-refractivity contribution in [2.75, 3.05) is 13.7 Å². The molecule has 1 aromatic rings. The maximum atomic E-state index is 12.0. The molecule has 0 unspecified atom stereocenters. The second-order valence-electron chi connectivity index (χ2n) is 3.57. The fourth-order valence-corrected chi connectivity index (χ4v) is 2.55. The third-order valence-electron chi connectivity index (χ3n) is 2.29. The van der Waals surface area contributed by atoms with Crippen molar-refractivity contribution in [2.45, 2.75) is 4.90 Å². The molecule has 0 radical (unpaired) electrons. The predicted octanol–water partition coefficient (Wildman–Crippen LogP) is 0.846. The van der Waals surface area contributed by atoms with E-state index in [1.165, 1.54) is 6.08 Å². The summed E-state index contributed by atoms with van der Waals surface area (Å²) in [5.41, 5.74) is -0.814. The molecule has 9 heteroatoms. The highest BCUT2D eigenvalue weighted by molar-refractivity contribution is 7.89. The summed E-state index contributed by atoms with van der Waals surface area (Å²) >= 11 is 0. The molecule has 0 aliphatic heterocycles. The number of methoxy groups -OCH3 is 1. The molecule has 1 N–H and O–H groups in total. The van der Waals surface area contributed by atoms with Crippen molar-refractivity contribution in [3.63, 3.8) is 0 Å². The Balaban J connectivity index is 3.42. The molecule has 0 bridgehead atoms. The van der Waals surface area contributed by atoms with E-state index in [-0.39, 0.29) is 6.54 Å². The number of sulfonamides is 1. The van der Waals surface area contributed by atoms with E-state index in [0.717, 1.165) is 25.3 Å². The van der Waals surface area contributed by atoms with Crippen LogP contribution in [-0.4, -0.2) is 33.0 Å². The third-order valence-corrected chi connectivity index (χ3v) is 3.77. The van der Waals surface area contributed by atoms with Crippen LogP contribution in [0.1, 0.15) is 10.4 Å². The average molecular weight is 300 g/mol. The maximum absolute atomic E-state index is 12.0. The largest absolute Gasteiger partial charge is 0.465 e. The number of nitrogens with zero attached hydrogens (tertiary/aromatic N) is 1. The van der Waals surface area contributed by atoms with Crippen molar-refractivity contribution < 1.29 is 22.9 Å². The number of non-ortho nitro benzene ring substituents is 1. The minimum Gasteiger partial charge on any atom is -0.465 e. The Morgan fingerprint density at radius 2 is 2.20 bits per heavy atom. The lowest BCUT2D eigenvalue weighted by atomic mass is 10.2. The van der Waals surface area contributed by atoms with Gasteiger partial charge in [0.15, 0.2) is 0 Å². The Hall–Kier alpha value is -2.26. The first-order valence-corrected chi connectivity index (χ1v) is 6.79. The van der Waals surface area contributed by atoms with Gasteiger partial charge < -0.3 is 4.74 Å². The van der Waals surface area contributed by atoms with Gasteiger partial charge in [-0.05, 0) is 6.07 Å². The Morgan fingerprint density at radius 3 is 2.70 bits per heavy atom. The fraction of sp³-hybridized carbons (Fsp3) is 0.182. The number of esters is 1. The first kappa shape index (κ1) is 15.8. The van der Waals surface area contributed by atoms with Gasteiger partial charge in [-0.25, -0.2) is 17.9 Å². The van der Waals surface area contributed by atoms with Gasteiger partial charge in [-0.3, -0.25) is 10.1 Å². The molecule has 0 heterocycles. The number of carbonyl (C=O) groups is 1. The molecule has 8 nitrogen and oxygen atoms in total. The molecule has 0 saturated heterocycles. The summed E-state index contributed by atoms with van der Waals surface area (Å²) in [6.07, 6.45) is 1.32. The minimum absolute atomic E-state index is 0.0417. The molecular formula is C11H12N2O6S. The number of hydrogen-bond acceptors (Lipinski definition) is 6. The second kappa shape index (κ2) is 6.26. The van der Waals surface area contributed by atoms with E-state index in [1.807, 2.05) is 0 Å². The van der Waals surface area contributed by atoms with Gasteiger partial charge in [0.25, 0.3) is 5.69 Å². The smallest absolute Gasteiger partial charge is 0.339 e. The van der Waals surface area contributed by atoms with Gasteiger partial charge >= 0.3 is 5.97 Å². The van der Waals surface area contributed by atoms with E-state index in [0.29, 0.717) is 0 Å². The van der Waals surface area contributed by atoms with Crippen molar-refractivity contribution in [2.24, 2.45) is 0 Å². The fourth-order valence-electron chi connectivity index (χ4n) is 1.38. The molecule has 1 rings (SSSR count). The van der Waals surface area contributed by atoms with Gasteiger partial charge in [-0.2, -0.15) is 0 Å². The predicted molar refractivity (Wildman–Crippen MR) is 69.8 cm³/mol. The Kier molecular flexibility index (Phi) is 4.94. The van der Waals surface area contributed by atoms with Gasteiger partial charge in [0.2, 0.25) is 10.0 Å². The molecule has 0 aliphatic carbocycles. The number of rotatable bonds is 6. The van der Waals surface area contributed by atoms with Crippen LogP contribution in [0.4, 0.5) is 5.69 Å². The highest BCUT2D eigenvalue weighted by Gasteiger charge is 2.25. The highest BCUT2D eigenvalue weighted by atomic mass is 32.2. The molecule has 108 valence electrons. The number of ether oxygens (including phenoxy) is 1. The zero-order valence-electron chi connectivity index (χ0n) is 10.5. The molecule has 0 atom stereocenters. The molecule has 1 aromatic carbocycles. The average Bonchev–Trinajstić information content (AvgIpc) is 2.43. The van der Waals surface area contributed by atoms with Crippen LogP contribution < -0.4 is 4.72 Å². The number of benzene rings is 1. The zero-order chi connectivity index (χ0) is 15.3. The van der Waals surface area contributed by atoms with E-state index < -0.39 is 37.1 Å². The van der Waals surface area contributed by atoms with E-state index in [1.54, 1.807) is 0 Å². The number of nitro benzene ring substituents is 1. The monoisotopic (exact) mass is 300 g/mol. The van der Waals surface area contributed by atoms with Gasteiger partial charge in [0.1, 0.15) is 0 Å². The van der Waals surface area contributed by atoms with Crippen molar-refractivity contribution >= 4 is 21.7 Å². The summed E-state index contributed by atoms with van der Waals surface area (Å²) in [6.45, 7) is 3.32. The zero-order valence-corrected chi connectivity index (χ0v) is 11.3. The topological polar surface area (TPSA) is 116 Å². The van der Waals surface area contributed by atoms with Crippen molar-refractivity contribution in [1.29, 1.82) is 0 Å². The number of nitrogens with one attached hydrogen (secondary N) is 1. The van der Waals surface area contributed by atoms with Crippen LogP contribution >= 0.6 is 0 Å². The molecular weight excluding hydrogens is 288 g/mol. The quantitative estimate of drug-likeness (QED) is 0.360. The van der Waals surface area contributed by atoms with Gasteiger partial charge in [-0.15, -0.1) is 6.58 Å². The summed E-state index contributed by atoms with van der Waals surface area (Å²) < 4.78 is 30.6. The second-order valence-corrected chi connectivity index (χ2v) is 5.31. The number of nitro groups is 1. The lowest BCUT2D eigenvalue weighted by molar-refractivity contribution is -0.384. The van der Waals surface area contributed by atoms with Crippen LogP contribution in [0, 0.1) is 10.1 Å².